The Morgan fingerprint density at radius 2 is 1.75 bits per heavy atom. The van der Waals surface area contributed by atoms with Crippen LogP contribution in [-0.4, -0.2) is 89.1 Å². The molecule has 5 N–H and O–H groups in total. The highest BCUT2D eigenvalue weighted by Gasteiger charge is 2.57. The van der Waals surface area contributed by atoms with Crippen LogP contribution < -0.4 is 21.3 Å². The lowest BCUT2D eigenvalue weighted by Crippen LogP contribution is -2.60. The summed E-state index contributed by atoms with van der Waals surface area (Å²) in [6.07, 6.45) is -3.10. The van der Waals surface area contributed by atoms with Gasteiger partial charge in [0, 0.05) is 25.0 Å². The van der Waals surface area contributed by atoms with Crippen molar-refractivity contribution < 1.29 is 42.3 Å². The molecule has 2 aliphatic heterocycles. The van der Waals surface area contributed by atoms with Gasteiger partial charge >= 0.3 is 12.1 Å². The molecular formula is C26H38F3N5O6. The van der Waals surface area contributed by atoms with Gasteiger partial charge in [0.2, 0.25) is 17.7 Å². The van der Waals surface area contributed by atoms with Gasteiger partial charge in [-0.25, -0.2) is 0 Å². The van der Waals surface area contributed by atoms with Crippen LogP contribution in [0.2, 0.25) is 0 Å². The molecule has 14 heteroatoms. The molecule has 2 saturated heterocycles. The van der Waals surface area contributed by atoms with Crippen LogP contribution >= 0.6 is 0 Å². The van der Waals surface area contributed by atoms with Gasteiger partial charge in [-0.05, 0) is 55.8 Å². The van der Waals surface area contributed by atoms with Crippen molar-refractivity contribution in [3.05, 3.63) is 0 Å². The van der Waals surface area contributed by atoms with Crippen LogP contribution in [0.25, 0.3) is 0 Å². The first kappa shape index (κ1) is 30.1. The monoisotopic (exact) mass is 573 g/mol. The first-order chi connectivity index (χ1) is 18.5. The third-order valence-corrected chi connectivity index (χ3v) is 8.30. The zero-order chi connectivity index (χ0) is 29.6. The Labute approximate surface area is 230 Å². The Hall–Kier alpha value is -2.90. The molecule has 2 aliphatic carbocycles. The van der Waals surface area contributed by atoms with E-state index in [0.29, 0.717) is 13.0 Å². The number of carbonyl (C=O) groups is 5. The minimum absolute atomic E-state index is 0.00507. The minimum atomic E-state index is -5.19. The van der Waals surface area contributed by atoms with Gasteiger partial charge in [-0.3, -0.25) is 24.0 Å². The Morgan fingerprint density at radius 1 is 1.10 bits per heavy atom. The van der Waals surface area contributed by atoms with Gasteiger partial charge in [-0.2, -0.15) is 13.2 Å². The van der Waals surface area contributed by atoms with Crippen molar-refractivity contribution >= 4 is 29.5 Å². The maximum atomic E-state index is 13.7. The third kappa shape index (κ3) is 6.87. The van der Waals surface area contributed by atoms with Crippen LogP contribution in [-0.2, 0) is 24.0 Å². The average Bonchev–Trinajstić information content (AvgIpc) is 3.74. The number of likely N-dealkylation sites (tertiary alicyclic amines) is 1. The van der Waals surface area contributed by atoms with Crippen LogP contribution in [0.3, 0.4) is 0 Å². The van der Waals surface area contributed by atoms with Crippen molar-refractivity contribution in [1.29, 1.82) is 0 Å². The summed E-state index contributed by atoms with van der Waals surface area (Å²) in [6.45, 7) is 5.12. The Kier molecular flexibility index (Phi) is 8.14. The molecule has 5 atom stereocenters. The standard InChI is InChI=1S/C26H38F3N5O6/c1-24(2,3)18(33-23(40)26(27,28)29)22(39)34-12-25(7-8-25)11-16(34)20(37)32-15(10-13-6-9-30-19(13)36)17(35)21(38)31-14-4-5-14/h13-18,35H,4-12H2,1-3H3,(H,30,36)(H,31,38)(H,32,37)(H,33,40)/t13-,15-,16-,17?,18+/m0/s1. The number of hydrogen-bond donors (Lipinski definition) is 5. The molecule has 0 aromatic rings. The van der Waals surface area contributed by atoms with Gasteiger partial charge in [0.1, 0.15) is 12.1 Å². The summed E-state index contributed by atoms with van der Waals surface area (Å²) in [7, 11) is 0. The van der Waals surface area contributed by atoms with Crippen LogP contribution in [0.1, 0.15) is 65.7 Å². The number of carbonyl (C=O) groups excluding carboxylic acids is 5. The number of amides is 5. The van der Waals surface area contributed by atoms with E-state index in [2.05, 4.69) is 16.0 Å². The molecule has 224 valence electrons. The van der Waals surface area contributed by atoms with Gasteiger partial charge in [0.15, 0.2) is 6.10 Å². The summed E-state index contributed by atoms with van der Waals surface area (Å²) in [4.78, 5) is 65.2. The molecule has 1 unspecified atom stereocenters. The second-order valence-corrected chi connectivity index (χ2v) is 12.8. The molecule has 40 heavy (non-hydrogen) atoms. The maximum absolute atomic E-state index is 13.7. The van der Waals surface area contributed by atoms with Gasteiger partial charge in [0.05, 0.1) is 6.04 Å². The summed E-state index contributed by atoms with van der Waals surface area (Å²) in [5.41, 5.74) is -1.45. The van der Waals surface area contributed by atoms with Crippen LogP contribution in [0, 0.1) is 16.7 Å². The predicted molar refractivity (Wildman–Crippen MR) is 134 cm³/mol. The second kappa shape index (κ2) is 10.8. The van der Waals surface area contributed by atoms with Gasteiger partial charge in [-0.15, -0.1) is 0 Å². The number of hydrogen-bond acceptors (Lipinski definition) is 6. The molecule has 0 aromatic carbocycles. The second-order valence-electron chi connectivity index (χ2n) is 12.8. The first-order valence-corrected chi connectivity index (χ1v) is 13.8. The predicted octanol–water partition coefficient (Wildman–Crippen LogP) is 0.111. The quantitative estimate of drug-likeness (QED) is 0.264. The Bertz CT molecular complexity index is 1050. The SMILES string of the molecule is CC(C)(C)[C@H](NC(=O)C(F)(F)F)C(=O)N1CC2(CC2)C[C@H]1C(=O)N[C@@H](C[C@@H]1CCNC1=O)C(O)C(=O)NC1CC1. The van der Waals surface area contributed by atoms with E-state index in [1.807, 2.05) is 5.32 Å². The molecule has 2 saturated carbocycles. The van der Waals surface area contributed by atoms with Crippen LogP contribution in [0.5, 0.6) is 0 Å². The highest BCUT2D eigenvalue weighted by molar-refractivity contribution is 5.94. The number of aliphatic hydroxyl groups excluding tert-OH is 1. The van der Waals surface area contributed by atoms with E-state index in [1.54, 1.807) is 0 Å². The fourth-order valence-electron chi connectivity index (χ4n) is 5.51. The van der Waals surface area contributed by atoms with Gasteiger partial charge in [0.25, 0.3) is 5.91 Å². The molecule has 0 aromatic heterocycles. The van der Waals surface area contributed by atoms with E-state index >= 15 is 0 Å². The van der Waals surface area contributed by atoms with E-state index < -0.39 is 65.4 Å². The van der Waals surface area contributed by atoms with Crippen molar-refractivity contribution in [2.45, 2.75) is 102 Å². The van der Waals surface area contributed by atoms with Crippen molar-refractivity contribution in [2.24, 2.45) is 16.7 Å². The zero-order valence-electron chi connectivity index (χ0n) is 22.9. The Morgan fingerprint density at radius 3 is 2.25 bits per heavy atom. The first-order valence-electron chi connectivity index (χ1n) is 13.8. The summed E-state index contributed by atoms with van der Waals surface area (Å²) < 4.78 is 39.2. The lowest BCUT2D eigenvalue weighted by atomic mass is 9.85. The number of nitrogens with zero attached hydrogens (tertiary/aromatic N) is 1. The number of rotatable bonds is 9. The van der Waals surface area contributed by atoms with E-state index in [0.717, 1.165) is 25.7 Å². The molecular weight excluding hydrogens is 535 g/mol. The van der Waals surface area contributed by atoms with E-state index in [4.69, 9.17) is 0 Å². The lowest BCUT2D eigenvalue weighted by Gasteiger charge is -2.36. The molecule has 11 nitrogen and oxygen atoms in total. The lowest BCUT2D eigenvalue weighted by molar-refractivity contribution is -0.176. The number of halogens is 3. The average molecular weight is 574 g/mol. The van der Waals surface area contributed by atoms with Crippen molar-refractivity contribution in [3.63, 3.8) is 0 Å². The highest BCUT2D eigenvalue weighted by atomic mass is 19.4. The summed E-state index contributed by atoms with van der Waals surface area (Å²) >= 11 is 0. The van der Waals surface area contributed by atoms with Crippen molar-refractivity contribution in [1.82, 2.24) is 26.2 Å². The summed E-state index contributed by atoms with van der Waals surface area (Å²) in [5.74, 6) is -5.19. The fraction of sp³-hybridized carbons (Fsp3) is 0.808. The molecule has 4 aliphatic rings. The maximum Gasteiger partial charge on any atom is 0.471 e. The smallest absolute Gasteiger partial charge is 0.381 e. The number of alkyl halides is 3. The van der Waals surface area contributed by atoms with Gasteiger partial charge in [-0.1, -0.05) is 20.8 Å². The number of nitrogens with one attached hydrogen (secondary N) is 4. The molecule has 0 radical (unpaired) electrons. The molecule has 2 heterocycles. The molecule has 4 rings (SSSR count). The van der Waals surface area contributed by atoms with E-state index in [9.17, 15) is 42.3 Å². The topological polar surface area (TPSA) is 157 Å². The van der Waals surface area contributed by atoms with Crippen LogP contribution in [0.4, 0.5) is 13.2 Å². The molecule has 5 amide bonds. The minimum Gasteiger partial charge on any atom is -0.381 e. The third-order valence-electron chi connectivity index (χ3n) is 8.30. The van der Waals surface area contributed by atoms with Gasteiger partial charge < -0.3 is 31.3 Å². The molecule has 1 spiro atoms. The summed E-state index contributed by atoms with van der Waals surface area (Å²) in [5, 5.41) is 20.7. The molecule has 0 bridgehead atoms. The highest BCUT2D eigenvalue weighted by Crippen LogP contribution is 2.55. The van der Waals surface area contributed by atoms with E-state index in [-0.39, 0.29) is 36.8 Å². The summed E-state index contributed by atoms with van der Waals surface area (Å²) in [6, 6.07) is -3.82. The fourth-order valence-corrected chi connectivity index (χ4v) is 5.51. The van der Waals surface area contributed by atoms with Crippen molar-refractivity contribution in [2.75, 3.05) is 13.1 Å². The van der Waals surface area contributed by atoms with Crippen molar-refractivity contribution in [3.8, 4) is 0 Å². The largest absolute Gasteiger partial charge is 0.471 e. The normalized spacial score (nSPS) is 26.1. The van der Waals surface area contributed by atoms with E-state index in [1.165, 1.54) is 25.7 Å². The van der Waals surface area contributed by atoms with Crippen LogP contribution in [0.15, 0.2) is 0 Å². The zero-order valence-corrected chi connectivity index (χ0v) is 22.9. The number of aliphatic hydroxyl groups is 1. The molecule has 4 fully saturated rings. The Balaban J connectivity index is 1.54.